The van der Waals surface area contributed by atoms with Crippen molar-refractivity contribution in [3.63, 3.8) is 0 Å². The number of carbonyl (C=O) groups is 2. The van der Waals surface area contributed by atoms with Gasteiger partial charge in [0.15, 0.2) is 0 Å². The van der Waals surface area contributed by atoms with Gasteiger partial charge in [-0.05, 0) is 38.8 Å². The summed E-state index contributed by atoms with van der Waals surface area (Å²) in [5, 5.41) is 0. The van der Waals surface area contributed by atoms with Crippen molar-refractivity contribution in [2.45, 2.75) is 39.3 Å². The fourth-order valence-electron chi connectivity index (χ4n) is 3.77. The maximum Gasteiger partial charge on any atom is 0.409 e. The van der Waals surface area contributed by atoms with E-state index in [1.165, 1.54) is 5.56 Å². The Morgan fingerprint density at radius 1 is 1.20 bits per heavy atom. The van der Waals surface area contributed by atoms with Gasteiger partial charge in [-0.15, -0.1) is 0 Å². The monoisotopic (exact) mass is 345 g/mol. The van der Waals surface area contributed by atoms with Crippen LogP contribution in [0, 0.1) is 0 Å². The summed E-state index contributed by atoms with van der Waals surface area (Å²) in [5.41, 5.74) is 2.28. The van der Waals surface area contributed by atoms with Gasteiger partial charge in [0.2, 0.25) is 5.91 Å². The number of amides is 2. The minimum Gasteiger partial charge on any atom is -0.450 e. The lowest BCUT2D eigenvalue weighted by Crippen LogP contribution is -2.56. The SMILES string of the molecule is CCOC(=O)N1CCN(C(C)C(=O)N2c3ccccc3CC2C)CC1. The largest absolute Gasteiger partial charge is 0.450 e. The van der Waals surface area contributed by atoms with Crippen molar-refractivity contribution in [1.82, 2.24) is 9.80 Å². The summed E-state index contributed by atoms with van der Waals surface area (Å²) in [4.78, 5) is 30.7. The number of para-hydroxylation sites is 1. The summed E-state index contributed by atoms with van der Waals surface area (Å²) in [6.45, 7) is 8.85. The van der Waals surface area contributed by atoms with Crippen LogP contribution in [0.3, 0.4) is 0 Å². The van der Waals surface area contributed by atoms with E-state index in [1.54, 1.807) is 4.90 Å². The van der Waals surface area contributed by atoms with E-state index in [0.29, 0.717) is 32.8 Å². The molecule has 136 valence electrons. The number of piperazine rings is 1. The van der Waals surface area contributed by atoms with Gasteiger partial charge >= 0.3 is 6.09 Å². The van der Waals surface area contributed by atoms with Crippen LogP contribution < -0.4 is 4.90 Å². The van der Waals surface area contributed by atoms with E-state index in [4.69, 9.17) is 4.74 Å². The lowest BCUT2D eigenvalue weighted by Gasteiger charge is -2.38. The zero-order valence-corrected chi connectivity index (χ0v) is 15.3. The first-order valence-electron chi connectivity index (χ1n) is 9.09. The molecule has 1 aromatic carbocycles. The van der Waals surface area contributed by atoms with E-state index in [1.807, 2.05) is 36.9 Å². The molecule has 0 saturated carbocycles. The normalized spacial score (nSPS) is 21.8. The van der Waals surface area contributed by atoms with Gasteiger partial charge in [0, 0.05) is 37.9 Å². The van der Waals surface area contributed by atoms with Crippen LogP contribution in [0.1, 0.15) is 26.3 Å². The number of hydrogen-bond donors (Lipinski definition) is 0. The summed E-state index contributed by atoms with van der Waals surface area (Å²) in [6, 6.07) is 8.13. The highest BCUT2D eigenvalue weighted by Gasteiger charge is 2.36. The highest BCUT2D eigenvalue weighted by Crippen LogP contribution is 2.32. The molecule has 0 spiro atoms. The van der Waals surface area contributed by atoms with Crippen LogP contribution in [-0.2, 0) is 16.0 Å². The highest BCUT2D eigenvalue weighted by molar-refractivity contribution is 5.99. The van der Waals surface area contributed by atoms with Gasteiger partial charge in [0.05, 0.1) is 12.6 Å². The Balaban J connectivity index is 1.63. The van der Waals surface area contributed by atoms with Crippen LogP contribution >= 0.6 is 0 Å². The van der Waals surface area contributed by atoms with Gasteiger partial charge in [-0.1, -0.05) is 18.2 Å². The summed E-state index contributed by atoms with van der Waals surface area (Å²) in [6.07, 6.45) is 0.647. The van der Waals surface area contributed by atoms with Crippen LogP contribution in [0.5, 0.6) is 0 Å². The quantitative estimate of drug-likeness (QED) is 0.842. The maximum atomic E-state index is 13.1. The smallest absolute Gasteiger partial charge is 0.409 e. The molecular weight excluding hydrogens is 318 g/mol. The van der Waals surface area contributed by atoms with Crippen molar-refractivity contribution in [2.75, 3.05) is 37.7 Å². The van der Waals surface area contributed by atoms with E-state index in [9.17, 15) is 9.59 Å². The number of ether oxygens (including phenoxy) is 1. The van der Waals surface area contributed by atoms with Crippen LogP contribution in [0.25, 0.3) is 0 Å². The molecule has 2 aliphatic heterocycles. The number of hydrogen-bond acceptors (Lipinski definition) is 4. The van der Waals surface area contributed by atoms with Crippen molar-refractivity contribution < 1.29 is 14.3 Å². The van der Waals surface area contributed by atoms with Gasteiger partial charge in [0.25, 0.3) is 0 Å². The fraction of sp³-hybridized carbons (Fsp3) is 0.579. The first-order chi connectivity index (χ1) is 12.0. The lowest BCUT2D eigenvalue weighted by molar-refractivity contribution is -0.124. The van der Waals surface area contributed by atoms with Crippen LogP contribution in [0.2, 0.25) is 0 Å². The molecular formula is C19H27N3O3. The van der Waals surface area contributed by atoms with Crippen molar-refractivity contribution in [2.24, 2.45) is 0 Å². The molecule has 3 rings (SSSR count). The molecule has 0 radical (unpaired) electrons. The molecule has 2 atom stereocenters. The molecule has 0 N–H and O–H groups in total. The van der Waals surface area contributed by atoms with E-state index in [2.05, 4.69) is 17.9 Å². The molecule has 0 aliphatic carbocycles. The first kappa shape index (κ1) is 17.7. The molecule has 1 fully saturated rings. The summed E-state index contributed by atoms with van der Waals surface area (Å²) in [5.74, 6) is 0.141. The predicted molar refractivity (Wildman–Crippen MR) is 96.7 cm³/mol. The molecule has 2 amide bonds. The zero-order valence-electron chi connectivity index (χ0n) is 15.3. The van der Waals surface area contributed by atoms with E-state index < -0.39 is 0 Å². The van der Waals surface area contributed by atoms with Gasteiger partial charge in [-0.2, -0.15) is 0 Å². The first-order valence-corrected chi connectivity index (χ1v) is 9.09. The Morgan fingerprint density at radius 2 is 1.88 bits per heavy atom. The maximum absolute atomic E-state index is 13.1. The average molecular weight is 345 g/mol. The summed E-state index contributed by atoms with van der Waals surface area (Å²) < 4.78 is 5.05. The number of benzene rings is 1. The number of carbonyl (C=O) groups excluding carboxylic acids is 2. The Morgan fingerprint density at radius 3 is 2.56 bits per heavy atom. The molecule has 1 aromatic rings. The van der Waals surface area contributed by atoms with Crippen LogP contribution in [-0.4, -0.2) is 66.7 Å². The summed E-state index contributed by atoms with van der Waals surface area (Å²) in [7, 11) is 0. The van der Waals surface area contributed by atoms with Gasteiger partial charge in [0.1, 0.15) is 0 Å². The van der Waals surface area contributed by atoms with E-state index >= 15 is 0 Å². The molecule has 1 saturated heterocycles. The van der Waals surface area contributed by atoms with E-state index in [-0.39, 0.29) is 24.1 Å². The van der Waals surface area contributed by atoms with E-state index in [0.717, 1.165) is 12.1 Å². The van der Waals surface area contributed by atoms with Gasteiger partial charge in [-0.25, -0.2) is 4.79 Å². The molecule has 2 unspecified atom stereocenters. The lowest BCUT2D eigenvalue weighted by atomic mass is 10.1. The molecule has 0 bridgehead atoms. The average Bonchev–Trinajstić information content (AvgIpc) is 2.96. The number of nitrogens with zero attached hydrogens (tertiary/aromatic N) is 3. The number of rotatable bonds is 3. The zero-order chi connectivity index (χ0) is 18.0. The second kappa shape index (κ2) is 7.44. The van der Waals surface area contributed by atoms with Crippen molar-refractivity contribution in [3.8, 4) is 0 Å². The Bertz CT molecular complexity index is 641. The third kappa shape index (κ3) is 3.49. The third-order valence-corrected chi connectivity index (χ3v) is 5.19. The van der Waals surface area contributed by atoms with Crippen LogP contribution in [0.15, 0.2) is 24.3 Å². The third-order valence-electron chi connectivity index (χ3n) is 5.19. The van der Waals surface area contributed by atoms with Crippen LogP contribution in [0.4, 0.5) is 10.5 Å². The van der Waals surface area contributed by atoms with Crippen molar-refractivity contribution >= 4 is 17.7 Å². The molecule has 2 heterocycles. The number of fused-ring (bicyclic) bond motifs is 1. The molecule has 2 aliphatic rings. The molecule has 25 heavy (non-hydrogen) atoms. The second-order valence-electron chi connectivity index (χ2n) is 6.79. The molecule has 6 heteroatoms. The van der Waals surface area contributed by atoms with Gasteiger partial charge < -0.3 is 14.5 Å². The Labute approximate surface area is 149 Å². The Hall–Kier alpha value is -2.08. The molecule has 0 aromatic heterocycles. The minimum absolute atomic E-state index is 0.141. The fourth-order valence-corrected chi connectivity index (χ4v) is 3.77. The highest BCUT2D eigenvalue weighted by atomic mass is 16.6. The summed E-state index contributed by atoms with van der Waals surface area (Å²) >= 11 is 0. The molecule has 6 nitrogen and oxygen atoms in total. The van der Waals surface area contributed by atoms with Crippen molar-refractivity contribution in [3.05, 3.63) is 29.8 Å². The topological polar surface area (TPSA) is 53.1 Å². The standard InChI is InChI=1S/C19H27N3O3/c1-4-25-19(24)21-11-9-20(10-12-21)15(3)18(23)22-14(2)13-16-7-5-6-8-17(16)22/h5-8,14-15H,4,9-13H2,1-3H3. The number of anilines is 1. The second-order valence-corrected chi connectivity index (χ2v) is 6.79. The predicted octanol–water partition coefficient (Wildman–Crippen LogP) is 2.13. The minimum atomic E-state index is -0.261. The van der Waals surface area contributed by atoms with Crippen molar-refractivity contribution in [1.29, 1.82) is 0 Å². The van der Waals surface area contributed by atoms with Gasteiger partial charge in [-0.3, -0.25) is 9.69 Å². The Kier molecular flexibility index (Phi) is 5.27.